The van der Waals surface area contributed by atoms with Gasteiger partial charge in [0.15, 0.2) is 0 Å². The van der Waals surface area contributed by atoms with Crippen LogP contribution in [0.25, 0.3) is 0 Å². The fourth-order valence-electron chi connectivity index (χ4n) is 5.82. The zero-order valence-corrected chi connectivity index (χ0v) is 34.9. The Labute approximate surface area is 335 Å². The third-order valence-corrected chi connectivity index (χ3v) is 8.98. The summed E-state index contributed by atoms with van der Waals surface area (Å²) in [7, 11) is 0. The Balaban J connectivity index is -0.000000307. The Morgan fingerprint density at radius 1 is 0.265 bits per heavy atom. The molecule has 0 fully saturated rings. The normalized spacial score (nSPS) is 10.3. The molecular formula is C42H84DyO6. The van der Waals surface area contributed by atoms with Crippen molar-refractivity contribution in [2.45, 2.75) is 252 Å². The zero-order chi connectivity index (χ0) is 36.2. The van der Waals surface area contributed by atoms with Crippen molar-refractivity contribution < 1.29 is 67.9 Å². The summed E-state index contributed by atoms with van der Waals surface area (Å²) in [6.07, 6.45) is 43.1. The Bertz CT molecular complexity index is 557. The number of carboxylic acids is 3. The molecule has 0 amide bonds. The van der Waals surface area contributed by atoms with Gasteiger partial charge in [0.25, 0.3) is 0 Å². The van der Waals surface area contributed by atoms with Gasteiger partial charge in [0, 0.05) is 57.4 Å². The number of hydrogen-bond acceptors (Lipinski definition) is 3. The van der Waals surface area contributed by atoms with Gasteiger partial charge in [-0.2, -0.15) is 0 Å². The van der Waals surface area contributed by atoms with Crippen LogP contribution in [-0.4, -0.2) is 33.2 Å². The van der Waals surface area contributed by atoms with Crippen molar-refractivity contribution in [2.24, 2.45) is 0 Å². The molecule has 0 heterocycles. The van der Waals surface area contributed by atoms with Gasteiger partial charge in [-0.3, -0.25) is 14.4 Å². The van der Waals surface area contributed by atoms with Crippen LogP contribution in [0.15, 0.2) is 0 Å². The van der Waals surface area contributed by atoms with Gasteiger partial charge in [-0.15, -0.1) is 0 Å². The molecule has 0 aliphatic rings. The first-order valence-corrected chi connectivity index (χ1v) is 21.0. The number of carboxylic acid groups (broad SMARTS) is 3. The molecule has 0 rings (SSSR count). The van der Waals surface area contributed by atoms with Crippen LogP contribution in [0.1, 0.15) is 252 Å². The SMILES string of the molecule is CCCCCCCCCCCCCC(=O)O.CCCCCCCCCCCCCC(=O)O.CCCCCCCCCCCCCC(=O)O.[Dy]. The summed E-state index contributed by atoms with van der Waals surface area (Å²) >= 11 is 0. The smallest absolute Gasteiger partial charge is 0.303 e. The molecule has 0 aliphatic heterocycles. The fraction of sp³-hybridized carbons (Fsp3) is 0.929. The van der Waals surface area contributed by atoms with Crippen molar-refractivity contribution in [2.75, 3.05) is 0 Å². The van der Waals surface area contributed by atoms with Crippen LogP contribution in [0.2, 0.25) is 0 Å². The molecule has 6 nitrogen and oxygen atoms in total. The van der Waals surface area contributed by atoms with E-state index in [2.05, 4.69) is 20.8 Å². The summed E-state index contributed by atoms with van der Waals surface area (Å²) < 4.78 is 0. The van der Waals surface area contributed by atoms with Crippen LogP contribution in [-0.2, 0) is 14.4 Å². The molecule has 0 atom stereocenters. The standard InChI is InChI=1S/3C14H28O2.Dy/c3*1-2-3-4-5-6-7-8-9-10-11-12-13-14(15)16;/h3*2-13H2,1H3,(H,15,16);. The number of rotatable bonds is 36. The van der Waals surface area contributed by atoms with E-state index in [1.165, 1.54) is 173 Å². The van der Waals surface area contributed by atoms with E-state index >= 15 is 0 Å². The summed E-state index contributed by atoms with van der Waals surface area (Å²) in [5, 5.41) is 25.4. The van der Waals surface area contributed by atoms with Crippen LogP contribution in [0.4, 0.5) is 0 Å². The molecule has 0 aromatic carbocycles. The van der Waals surface area contributed by atoms with Gasteiger partial charge >= 0.3 is 17.9 Å². The number of unbranched alkanes of at least 4 members (excludes halogenated alkanes) is 30. The number of aliphatic carboxylic acids is 3. The van der Waals surface area contributed by atoms with Gasteiger partial charge in [0.1, 0.15) is 0 Å². The van der Waals surface area contributed by atoms with Gasteiger partial charge < -0.3 is 15.3 Å². The average Bonchev–Trinajstić information content (AvgIpc) is 3.05. The van der Waals surface area contributed by atoms with E-state index in [4.69, 9.17) is 15.3 Å². The Morgan fingerprint density at radius 3 is 0.510 bits per heavy atom. The number of carbonyl (C=O) groups is 3. The molecule has 7 heteroatoms. The first-order chi connectivity index (χ1) is 23.3. The van der Waals surface area contributed by atoms with Crippen LogP contribution < -0.4 is 0 Å². The first kappa shape index (κ1) is 55.4. The summed E-state index contributed by atoms with van der Waals surface area (Å²) in [5.74, 6) is -1.97. The maximum Gasteiger partial charge on any atom is 0.303 e. The maximum absolute atomic E-state index is 10.3. The summed E-state index contributed by atoms with van der Waals surface area (Å²) in [6.45, 7) is 6.74. The average molecular weight is 848 g/mol. The minimum absolute atomic E-state index is 0. The van der Waals surface area contributed by atoms with Gasteiger partial charge in [-0.1, -0.05) is 213 Å². The second kappa shape index (κ2) is 52.0. The van der Waals surface area contributed by atoms with E-state index in [0.717, 1.165) is 38.5 Å². The predicted molar refractivity (Wildman–Crippen MR) is 206 cm³/mol. The Morgan fingerprint density at radius 2 is 0.388 bits per heavy atom. The van der Waals surface area contributed by atoms with Crippen LogP contribution in [0, 0.1) is 38.2 Å². The second-order valence-corrected chi connectivity index (χ2v) is 14.0. The van der Waals surface area contributed by atoms with Crippen molar-refractivity contribution in [3.05, 3.63) is 0 Å². The molecule has 3 N–H and O–H groups in total. The molecule has 0 bridgehead atoms. The van der Waals surface area contributed by atoms with E-state index in [0.29, 0.717) is 19.3 Å². The third kappa shape index (κ3) is 66.5. The van der Waals surface area contributed by atoms with Crippen molar-refractivity contribution >= 4 is 17.9 Å². The van der Waals surface area contributed by atoms with Gasteiger partial charge in [-0.25, -0.2) is 0 Å². The van der Waals surface area contributed by atoms with Crippen LogP contribution in [0.3, 0.4) is 0 Å². The molecule has 0 saturated carbocycles. The second-order valence-electron chi connectivity index (χ2n) is 14.0. The Hall–Kier alpha value is -0.317. The predicted octanol–water partition coefficient (Wildman–Crippen LogP) is 14.3. The van der Waals surface area contributed by atoms with E-state index in [9.17, 15) is 14.4 Å². The summed E-state index contributed by atoms with van der Waals surface area (Å²) in [5.41, 5.74) is 0. The molecule has 0 aromatic rings. The van der Waals surface area contributed by atoms with Gasteiger partial charge in [-0.05, 0) is 19.3 Å². The van der Waals surface area contributed by atoms with Crippen molar-refractivity contribution in [3.8, 4) is 0 Å². The molecular weight excluding hydrogens is 763 g/mol. The maximum atomic E-state index is 10.3. The Kier molecular flexibility index (Phi) is 58.9. The molecule has 49 heavy (non-hydrogen) atoms. The molecule has 0 saturated heterocycles. The molecule has 0 radical (unpaired) electrons. The molecule has 0 unspecified atom stereocenters. The number of hydrogen-bond donors (Lipinski definition) is 3. The molecule has 0 spiro atoms. The van der Waals surface area contributed by atoms with Crippen LogP contribution >= 0.6 is 0 Å². The van der Waals surface area contributed by atoms with E-state index in [1.54, 1.807) is 0 Å². The van der Waals surface area contributed by atoms with Crippen molar-refractivity contribution in [1.29, 1.82) is 0 Å². The quantitative estimate of drug-likeness (QED) is 0.0542. The summed E-state index contributed by atoms with van der Waals surface area (Å²) in [6, 6.07) is 0. The van der Waals surface area contributed by atoms with Gasteiger partial charge in [0.05, 0.1) is 0 Å². The largest absolute Gasteiger partial charge is 0.481 e. The monoisotopic (exact) mass is 849 g/mol. The van der Waals surface area contributed by atoms with Crippen molar-refractivity contribution in [1.82, 2.24) is 0 Å². The third-order valence-electron chi connectivity index (χ3n) is 8.98. The minimum Gasteiger partial charge on any atom is -0.481 e. The molecule has 0 aromatic heterocycles. The van der Waals surface area contributed by atoms with Crippen molar-refractivity contribution in [3.63, 3.8) is 0 Å². The fourth-order valence-corrected chi connectivity index (χ4v) is 5.82. The zero-order valence-electron chi connectivity index (χ0n) is 32.8. The molecule has 0 aliphatic carbocycles. The molecule has 298 valence electrons. The van der Waals surface area contributed by atoms with Gasteiger partial charge in [0.2, 0.25) is 0 Å². The topological polar surface area (TPSA) is 112 Å². The van der Waals surface area contributed by atoms with Crippen LogP contribution in [0.5, 0.6) is 0 Å². The summed E-state index contributed by atoms with van der Waals surface area (Å²) in [4.78, 5) is 30.8. The minimum atomic E-state index is -0.657. The van der Waals surface area contributed by atoms with E-state index < -0.39 is 17.9 Å². The van der Waals surface area contributed by atoms with E-state index in [-0.39, 0.29) is 38.2 Å². The first-order valence-electron chi connectivity index (χ1n) is 21.0. The van der Waals surface area contributed by atoms with E-state index in [1.807, 2.05) is 0 Å².